The molecule has 8 heteroatoms. The summed E-state index contributed by atoms with van der Waals surface area (Å²) in [5.74, 6) is 0.293. The van der Waals surface area contributed by atoms with Crippen LogP contribution in [0.3, 0.4) is 0 Å². The topological polar surface area (TPSA) is 105 Å². The smallest absolute Gasteiger partial charge is 0.256 e. The van der Waals surface area contributed by atoms with Gasteiger partial charge in [-0.15, -0.1) is 0 Å². The van der Waals surface area contributed by atoms with Gasteiger partial charge in [-0.2, -0.15) is 5.10 Å². The summed E-state index contributed by atoms with van der Waals surface area (Å²) in [6.45, 7) is 4.21. The minimum atomic E-state index is -0.622. The Hall–Kier alpha value is -2.87. The zero-order chi connectivity index (χ0) is 18.2. The third kappa shape index (κ3) is 5.05. The lowest BCUT2D eigenvalue weighted by molar-refractivity contribution is -0.126. The lowest BCUT2D eigenvalue weighted by Gasteiger charge is -2.12. The number of ether oxygens (including phenoxy) is 2. The second-order valence-corrected chi connectivity index (χ2v) is 5.28. The van der Waals surface area contributed by atoms with Crippen molar-refractivity contribution in [2.24, 2.45) is 0 Å². The fourth-order valence-electron chi connectivity index (χ4n) is 2.13. The summed E-state index contributed by atoms with van der Waals surface area (Å²) in [5, 5.41) is 11.8. The number of carbonyl (C=O) groups excluding carboxylic acids is 2. The van der Waals surface area contributed by atoms with E-state index < -0.39 is 6.10 Å². The summed E-state index contributed by atoms with van der Waals surface area (Å²) in [6, 6.07) is 7.36. The number of hydrogen-bond acceptors (Lipinski definition) is 5. The molecule has 1 unspecified atom stereocenters. The van der Waals surface area contributed by atoms with Crippen LogP contribution >= 0.6 is 0 Å². The van der Waals surface area contributed by atoms with Gasteiger partial charge in [0.1, 0.15) is 23.2 Å². The van der Waals surface area contributed by atoms with Crippen molar-refractivity contribution in [2.45, 2.75) is 26.5 Å². The first-order chi connectivity index (χ1) is 12.0. The molecule has 2 aromatic rings. The molecule has 1 heterocycles. The van der Waals surface area contributed by atoms with Crippen LogP contribution in [0.25, 0.3) is 0 Å². The molecule has 0 saturated carbocycles. The molecule has 1 aromatic heterocycles. The molecule has 0 saturated heterocycles. The summed E-state index contributed by atoms with van der Waals surface area (Å²) in [4.78, 5) is 24.3. The summed E-state index contributed by atoms with van der Waals surface area (Å²) in [7, 11) is 1.60. The van der Waals surface area contributed by atoms with Gasteiger partial charge in [-0.1, -0.05) is 12.1 Å². The maximum atomic E-state index is 12.3. The summed E-state index contributed by atoms with van der Waals surface area (Å²) < 4.78 is 10.3. The average molecular weight is 346 g/mol. The van der Waals surface area contributed by atoms with Gasteiger partial charge in [-0.25, -0.2) is 0 Å². The van der Waals surface area contributed by atoms with E-state index in [2.05, 4.69) is 20.8 Å². The molecule has 0 aliphatic heterocycles. The molecule has 1 aromatic carbocycles. The van der Waals surface area contributed by atoms with E-state index in [1.54, 1.807) is 21.0 Å². The third-order valence-electron chi connectivity index (χ3n) is 3.53. The van der Waals surface area contributed by atoms with Crippen molar-refractivity contribution >= 4 is 17.6 Å². The standard InChI is InChI=1S/C17H22N4O4/c1-4-25-11(2)16(22)20-15-14(10-19-21-15)17(23)18-9-12-5-7-13(24-3)8-6-12/h5-8,10-11H,4,9H2,1-3H3,(H,18,23)(H2,19,20,21,22). The second-order valence-electron chi connectivity index (χ2n) is 5.28. The largest absolute Gasteiger partial charge is 0.497 e. The van der Waals surface area contributed by atoms with E-state index in [0.29, 0.717) is 13.2 Å². The molecule has 2 amide bonds. The monoisotopic (exact) mass is 346 g/mol. The number of aromatic amines is 1. The number of rotatable bonds is 8. The molecule has 0 bridgehead atoms. The predicted octanol–water partition coefficient (Wildman–Crippen LogP) is 1.71. The molecule has 3 N–H and O–H groups in total. The van der Waals surface area contributed by atoms with E-state index in [9.17, 15) is 9.59 Å². The maximum Gasteiger partial charge on any atom is 0.256 e. The third-order valence-corrected chi connectivity index (χ3v) is 3.53. The van der Waals surface area contributed by atoms with Crippen molar-refractivity contribution < 1.29 is 19.1 Å². The number of nitrogens with one attached hydrogen (secondary N) is 3. The highest BCUT2D eigenvalue weighted by atomic mass is 16.5. The van der Waals surface area contributed by atoms with Gasteiger partial charge in [0.05, 0.1) is 13.3 Å². The molecule has 0 aliphatic carbocycles. The van der Waals surface area contributed by atoms with Crippen molar-refractivity contribution in [1.29, 1.82) is 0 Å². The second kappa shape index (κ2) is 8.84. The van der Waals surface area contributed by atoms with Crippen LogP contribution in [0.2, 0.25) is 0 Å². The lowest BCUT2D eigenvalue weighted by Crippen LogP contribution is -2.29. The Balaban J connectivity index is 1.95. The minimum Gasteiger partial charge on any atom is -0.497 e. The molecule has 25 heavy (non-hydrogen) atoms. The Labute approximate surface area is 145 Å². The molecule has 8 nitrogen and oxygen atoms in total. The Morgan fingerprint density at radius 1 is 1.28 bits per heavy atom. The normalized spacial score (nSPS) is 11.6. The molecule has 134 valence electrons. The van der Waals surface area contributed by atoms with Gasteiger partial charge in [0.2, 0.25) is 0 Å². The van der Waals surface area contributed by atoms with E-state index in [1.807, 2.05) is 24.3 Å². The van der Waals surface area contributed by atoms with Gasteiger partial charge in [0.15, 0.2) is 0 Å². The fraction of sp³-hybridized carbons (Fsp3) is 0.353. The number of benzene rings is 1. The van der Waals surface area contributed by atoms with E-state index in [4.69, 9.17) is 9.47 Å². The first kappa shape index (κ1) is 18.5. The quantitative estimate of drug-likeness (QED) is 0.675. The molecule has 0 fully saturated rings. The number of methoxy groups -OCH3 is 1. The maximum absolute atomic E-state index is 12.3. The van der Waals surface area contributed by atoms with Crippen LogP contribution < -0.4 is 15.4 Å². The first-order valence-corrected chi connectivity index (χ1v) is 7.92. The molecule has 1 atom stereocenters. The van der Waals surface area contributed by atoms with E-state index in [-0.39, 0.29) is 23.2 Å². The molecule has 2 rings (SSSR count). The number of carbonyl (C=O) groups is 2. The Morgan fingerprint density at radius 3 is 2.64 bits per heavy atom. The molecule has 0 aliphatic rings. The number of amides is 2. The van der Waals surface area contributed by atoms with Crippen molar-refractivity contribution in [3.63, 3.8) is 0 Å². The SMILES string of the molecule is CCOC(C)C(=O)Nc1[nH]ncc1C(=O)NCc1ccc(OC)cc1. The number of anilines is 1. The van der Waals surface area contributed by atoms with Gasteiger partial charge < -0.3 is 20.1 Å². The Kier molecular flexibility index (Phi) is 6.53. The number of H-pyrrole nitrogens is 1. The highest BCUT2D eigenvalue weighted by molar-refractivity contribution is 6.03. The van der Waals surface area contributed by atoms with Crippen LogP contribution in [0.5, 0.6) is 5.75 Å². The van der Waals surface area contributed by atoms with Crippen molar-refractivity contribution in [3.05, 3.63) is 41.6 Å². The fourth-order valence-corrected chi connectivity index (χ4v) is 2.13. The van der Waals surface area contributed by atoms with Gasteiger partial charge in [0.25, 0.3) is 11.8 Å². The zero-order valence-electron chi connectivity index (χ0n) is 14.5. The highest BCUT2D eigenvalue weighted by Crippen LogP contribution is 2.13. The van der Waals surface area contributed by atoms with Crippen molar-refractivity contribution in [1.82, 2.24) is 15.5 Å². The minimum absolute atomic E-state index is 0.240. The van der Waals surface area contributed by atoms with Gasteiger partial charge in [0, 0.05) is 13.2 Å². The number of nitrogens with zero attached hydrogens (tertiary/aromatic N) is 1. The lowest BCUT2D eigenvalue weighted by atomic mass is 10.2. The Bertz CT molecular complexity index is 712. The van der Waals surface area contributed by atoms with E-state index in [1.165, 1.54) is 6.20 Å². The highest BCUT2D eigenvalue weighted by Gasteiger charge is 2.19. The van der Waals surface area contributed by atoms with Crippen molar-refractivity contribution in [2.75, 3.05) is 19.0 Å². The molecular formula is C17H22N4O4. The van der Waals surface area contributed by atoms with Crippen LogP contribution in [0, 0.1) is 0 Å². The first-order valence-electron chi connectivity index (χ1n) is 7.92. The molecular weight excluding hydrogens is 324 g/mol. The van der Waals surface area contributed by atoms with E-state index in [0.717, 1.165) is 11.3 Å². The number of hydrogen-bond donors (Lipinski definition) is 3. The molecule has 0 radical (unpaired) electrons. The van der Waals surface area contributed by atoms with Gasteiger partial charge in [-0.3, -0.25) is 14.7 Å². The molecule has 0 spiro atoms. The van der Waals surface area contributed by atoms with Crippen LogP contribution in [-0.4, -0.2) is 41.8 Å². The van der Waals surface area contributed by atoms with Crippen LogP contribution in [-0.2, 0) is 16.1 Å². The van der Waals surface area contributed by atoms with Gasteiger partial charge in [-0.05, 0) is 31.5 Å². The zero-order valence-corrected chi connectivity index (χ0v) is 14.5. The summed E-state index contributed by atoms with van der Waals surface area (Å²) in [5.41, 5.74) is 1.18. The number of aromatic nitrogens is 2. The van der Waals surface area contributed by atoms with E-state index >= 15 is 0 Å². The summed E-state index contributed by atoms with van der Waals surface area (Å²) >= 11 is 0. The van der Waals surface area contributed by atoms with Crippen LogP contribution in [0.4, 0.5) is 5.82 Å². The average Bonchev–Trinajstić information content (AvgIpc) is 3.08. The van der Waals surface area contributed by atoms with Crippen molar-refractivity contribution in [3.8, 4) is 5.75 Å². The van der Waals surface area contributed by atoms with Crippen LogP contribution in [0.1, 0.15) is 29.8 Å². The predicted molar refractivity (Wildman–Crippen MR) is 92.5 cm³/mol. The van der Waals surface area contributed by atoms with Crippen LogP contribution in [0.15, 0.2) is 30.5 Å². The van der Waals surface area contributed by atoms with Gasteiger partial charge >= 0.3 is 0 Å². The Morgan fingerprint density at radius 2 is 2.00 bits per heavy atom. The summed E-state index contributed by atoms with van der Waals surface area (Å²) in [6.07, 6.45) is 0.744.